The highest BCUT2D eigenvalue weighted by atomic mass is 19.1. The summed E-state index contributed by atoms with van der Waals surface area (Å²) >= 11 is 0. The van der Waals surface area contributed by atoms with Crippen LogP contribution in [0.4, 0.5) is 10.3 Å². The molecule has 0 aliphatic heterocycles. The zero-order chi connectivity index (χ0) is 20.4. The first-order valence-corrected chi connectivity index (χ1v) is 9.58. The zero-order valence-electron chi connectivity index (χ0n) is 16.4. The molecule has 0 bridgehead atoms. The third-order valence-corrected chi connectivity index (χ3v) is 5.08. The van der Waals surface area contributed by atoms with Crippen molar-refractivity contribution < 1.29 is 9.23 Å². The molecule has 1 atom stereocenters. The van der Waals surface area contributed by atoms with Crippen molar-refractivity contribution in [1.29, 1.82) is 0 Å². The fourth-order valence-corrected chi connectivity index (χ4v) is 3.92. The minimum absolute atomic E-state index is 0.0474. The van der Waals surface area contributed by atoms with E-state index >= 15 is 0 Å². The number of nitrogens with two attached hydrogens (primary N) is 1. The molecule has 0 radical (unpaired) electrons. The second-order valence-corrected chi connectivity index (χ2v) is 7.02. The van der Waals surface area contributed by atoms with Gasteiger partial charge in [-0.2, -0.15) is 0 Å². The zero-order valence-corrected chi connectivity index (χ0v) is 16.4. The van der Waals surface area contributed by atoms with E-state index in [1.165, 1.54) is 6.07 Å². The third kappa shape index (κ3) is 3.81. The topological polar surface area (TPSA) is 86.3 Å². The number of rotatable bonds is 4. The number of aryl methyl sites for hydroxylation is 1. The molecule has 2 aromatic heterocycles. The predicted molar refractivity (Wildman–Crippen MR) is 110 cm³/mol. The number of nitrogen functional groups attached to an aromatic ring is 1. The minimum atomic E-state index is -0.283. The second kappa shape index (κ2) is 7.95. The number of anilines is 1. The summed E-state index contributed by atoms with van der Waals surface area (Å²) < 4.78 is 14.1. The number of fused-ring (bicyclic) bond motifs is 1. The maximum atomic E-state index is 14.1. The Morgan fingerprint density at radius 2 is 2.10 bits per heavy atom. The summed E-state index contributed by atoms with van der Waals surface area (Å²) in [5.74, 6) is 0.00453. The van der Waals surface area contributed by atoms with E-state index in [0.29, 0.717) is 19.4 Å². The van der Waals surface area contributed by atoms with Gasteiger partial charge in [0.15, 0.2) is 0 Å². The molecular formula is C22H22FN5O. The van der Waals surface area contributed by atoms with Crippen LogP contribution in [0.15, 0.2) is 47.9 Å². The van der Waals surface area contributed by atoms with Crippen molar-refractivity contribution in [3.63, 3.8) is 0 Å². The monoisotopic (exact) mass is 391 g/mol. The molecule has 4 rings (SSSR count). The van der Waals surface area contributed by atoms with E-state index in [1.807, 2.05) is 32.0 Å². The fourth-order valence-electron chi connectivity index (χ4n) is 3.92. The van der Waals surface area contributed by atoms with Crippen LogP contribution in [0, 0.1) is 12.7 Å². The van der Waals surface area contributed by atoms with E-state index in [9.17, 15) is 4.39 Å². The molecule has 0 saturated heterocycles. The molecule has 0 fully saturated rings. The largest absolute Gasteiger partial charge is 0.396 e. The quantitative estimate of drug-likeness (QED) is 0.679. The lowest BCUT2D eigenvalue weighted by atomic mass is 9.78. The summed E-state index contributed by atoms with van der Waals surface area (Å²) in [7, 11) is 0. The Morgan fingerprint density at radius 3 is 2.86 bits per heavy atom. The lowest BCUT2D eigenvalue weighted by molar-refractivity contribution is 0.158. The first-order valence-electron chi connectivity index (χ1n) is 9.58. The summed E-state index contributed by atoms with van der Waals surface area (Å²) in [5, 5.41) is 4.34. The van der Waals surface area contributed by atoms with Gasteiger partial charge in [0.05, 0.1) is 17.1 Å². The van der Waals surface area contributed by atoms with Crippen LogP contribution in [0.2, 0.25) is 0 Å². The average molecular weight is 391 g/mol. The Labute approximate surface area is 168 Å². The van der Waals surface area contributed by atoms with E-state index in [4.69, 9.17) is 10.6 Å². The number of benzene rings is 1. The van der Waals surface area contributed by atoms with Crippen molar-refractivity contribution in [1.82, 2.24) is 15.0 Å². The lowest BCUT2D eigenvalue weighted by Gasteiger charge is -2.28. The number of oxime groups is 1. The molecule has 1 aromatic carbocycles. The molecule has 0 amide bonds. The highest BCUT2D eigenvalue weighted by Crippen LogP contribution is 2.38. The normalized spacial score (nSPS) is 17.2. The number of hydrogen-bond donors (Lipinski definition) is 1. The molecular weight excluding hydrogens is 369 g/mol. The van der Waals surface area contributed by atoms with Crippen molar-refractivity contribution in [2.45, 2.75) is 32.6 Å². The van der Waals surface area contributed by atoms with Crippen LogP contribution in [0.1, 0.15) is 41.8 Å². The summed E-state index contributed by atoms with van der Waals surface area (Å²) in [4.78, 5) is 18.3. The van der Waals surface area contributed by atoms with E-state index in [0.717, 1.165) is 39.4 Å². The van der Waals surface area contributed by atoms with Gasteiger partial charge in [0.1, 0.15) is 12.4 Å². The lowest BCUT2D eigenvalue weighted by Crippen LogP contribution is -2.24. The maximum absolute atomic E-state index is 14.1. The van der Waals surface area contributed by atoms with E-state index in [1.54, 1.807) is 18.5 Å². The van der Waals surface area contributed by atoms with Gasteiger partial charge in [0.25, 0.3) is 0 Å². The molecule has 3 aromatic rings. The number of nitrogens with zero attached hydrogens (tertiary/aromatic N) is 4. The van der Waals surface area contributed by atoms with Crippen LogP contribution >= 0.6 is 0 Å². The molecule has 7 heteroatoms. The third-order valence-electron chi connectivity index (χ3n) is 5.08. The van der Waals surface area contributed by atoms with Crippen molar-refractivity contribution >= 4 is 11.7 Å². The summed E-state index contributed by atoms with van der Waals surface area (Å²) in [6.45, 7) is 4.26. The van der Waals surface area contributed by atoms with Gasteiger partial charge in [-0.05, 0) is 55.5 Å². The molecule has 148 valence electrons. The van der Waals surface area contributed by atoms with Crippen LogP contribution in [-0.2, 0) is 11.3 Å². The van der Waals surface area contributed by atoms with Gasteiger partial charge in [-0.3, -0.25) is 4.98 Å². The van der Waals surface area contributed by atoms with Crippen LogP contribution in [0.25, 0.3) is 11.1 Å². The van der Waals surface area contributed by atoms with E-state index in [2.05, 4.69) is 20.1 Å². The smallest absolute Gasteiger partial charge is 0.220 e. The van der Waals surface area contributed by atoms with Crippen molar-refractivity contribution in [2.75, 3.05) is 12.3 Å². The molecule has 6 nitrogen and oxygen atoms in total. The number of hydrogen-bond acceptors (Lipinski definition) is 6. The van der Waals surface area contributed by atoms with Crippen LogP contribution in [0.5, 0.6) is 0 Å². The van der Waals surface area contributed by atoms with E-state index < -0.39 is 0 Å². The Balaban J connectivity index is 1.83. The van der Waals surface area contributed by atoms with Crippen LogP contribution < -0.4 is 5.73 Å². The second-order valence-electron chi connectivity index (χ2n) is 7.02. The summed E-state index contributed by atoms with van der Waals surface area (Å²) in [6.07, 6.45) is 4.75. The van der Waals surface area contributed by atoms with Gasteiger partial charge in [0, 0.05) is 29.9 Å². The number of pyridine rings is 1. The molecule has 1 aliphatic rings. The molecule has 2 N–H and O–H groups in total. The summed E-state index contributed by atoms with van der Waals surface area (Å²) in [6, 6.07) is 8.66. The first-order chi connectivity index (χ1) is 14.1. The highest BCUT2D eigenvalue weighted by molar-refractivity contribution is 6.03. The van der Waals surface area contributed by atoms with Crippen LogP contribution in [-0.4, -0.2) is 27.3 Å². The Kier molecular flexibility index (Phi) is 5.20. The molecule has 29 heavy (non-hydrogen) atoms. The van der Waals surface area contributed by atoms with Gasteiger partial charge in [-0.25, -0.2) is 14.4 Å². The van der Waals surface area contributed by atoms with Gasteiger partial charge >= 0.3 is 0 Å². The minimum Gasteiger partial charge on any atom is -0.396 e. The first kappa shape index (κ1) is 19.0. The Morgan fingerprint density at radius 1 is 1.24 bits per heavy atom. The molecule has 0 spiro atoms. The standard InChI is InChI=1S/C22H22FN5O/c1-3-29-28-20-10-15(9-19-21(20)13(2)26-22(24)27-19)17-7-6-16(23)11-18(17)14-5-4-8-25-12-14/h4-8,11-12,15H,3,9-10H2,1-2H3,(H2,24,26,27). The molecule has 1 aliphatic carbocycles. The summed E-state index contributed by atoms with van der Waals surface area (Å²) in [5.41, 5.74) is 11.9. The predicted octanol–water partition coefficient (Wildman–Crippen LogP) is 4.04. The SMILES string of the molecule is CCON=C1CC(c2ccc(F)cc2-c2cccnc2)Cc2nc(N)nc(C)c21. The van der Waals surface area contributed by atoms with Gasteiger partial charge in [0.2, 0.25) is 5.95 Å². The van der Waals surface area contributed by atoms with Crippen molar-refractivity contribution in [3.05, 3.63) is 71.1 Å². The van der Waals surface area contributed by atoms with E-state index in [-0.39, 0.29) is 17.7 Å². The highest BCUT2D eigenvalue weighted by Gasteiger charge is 2.30. The average Bonchev–Trinajstić information content (AvgIpc) is 2.72. The molecule has 1 unspecified atom stereocenters. The Hall–Kier alpha value is -3.35. The van der Waals surface area contributed by atoms with Crippen molar-refractivity contribution in [2.24, 2.45) is 5.16 Å². The van der Waals surface area contributed by atoms with Gasteiger partial charge in [-0.1, -0.05) is 17.3 Å². The van der Waals surface area contributed by atoms with Gasteiger partial charge < -0.3 is 10.6 Å². The van der Waals surface area contributed by atoms with Gasteiger partial charge in [-0.15, -0.1) is 0 Å². The fraction of sp³-hybridized carbons (Fsp3) is 0.273. The molecule has 2 heterocycles. The Bertz CT molecular complexity index is 1070. The number of aromatic nitrogens is 3. The van der Waals surface area contributed by atoms with Crippen LogP contribution in [0.3, 0.4) is 0 Å². The number of halogens is 1. The maximum Gasteiger partial charge on any atom is 0.220 e. The molecule has 0 saturated carbocycles. The van der Waals surface area contributed by atoms with Crippen molar-refractivity contribution in [3.8, 4) is 11.1 Å².